The Kier molecular flexibility index (Phi) is 6.02. The van der Waals surface area contributed by atoms with Gasteiger partial charge < -0.3 is 4.98 Å². The number of rotatable bonds is 6. The number of aryl methyl sites for hydroxylation is 1. The van der Waals surface area contributed by atoms with Crippen LogP contribution in [0.2, 0.25) is 0 Å². The Hall–Kier alpha value is -3.74. The van der Waals surface area contributed by atoms with Crippen molar-refractivity contribution in [2.45, 2.75) is 25.2 Å². The number of Topliss-reactive ketones (excluding diaryl/α,β-unsaturated/α-hetero) is 1. The van der Waals surface area contributed by atoms with Crippen LogP contribution in [0.4, 0.5) is 5.82 Å². The molecule has 0 saturated carbocycles. The predicted molar refractivity (Wildman–Crippen MR) is 142 cm³/mol. The summed E-state index contributed by atoms with van der Waals surface area (Å²) in [5.41, 5.74) is 1.83. The van der Waals surface area contributed by atoms with Gasteiger partial charge in [-0.3, -0.25) is 23.9 Å². The number of carbonyl (C=O) groups is 1. The molecular weight excluding hydrogens is 518 g/mol. The molecule has 0 radical (unpaired) electrons. The molecule has 0 spiro atoms. The Bertz CT molecular complexity index is 1890. The number of aromatic amines is 1. The number of ketones is 1. The van der Waals surface area contributed by atoms with Crippen molar-refractivity contribution >= 4 is 66.4 Å². The monoisotopic (exact) mass is 537 g/mol. The Balaban J connectivity index is 1.51. The van der Waals surface area contributed by atoms with Crippen molar-refractivity contribution in [2.75, 3.05) is 4.72 Å². The smallest absolute Gasteiger partial charge is 0.267 e. The molecule has 5 rings (SSSR count). The van der Waals surface area contributed by atoms with Gasteiger partial charge in [-0.25, -0.2) is 13.4 Å². The van der Waals surface area contributed by atoms with Crippen molar-refractivity contribution in [3.8, 4) is 5.69 Å². The fourth-order valence-corrected chi connectivity index (χ4v) is 6.40. The minimum atomic E-state index is -3.96. The third-order valence-corrected chi connectivity index (χ3v) is 8.56. The van der Waals surface area contributed by atoms with E-state index >= 15 is 0 Å². The summed E-state index contributed by atoms with van der Waals surface area (Å²) >= 11 is 6.62. The van der Waals surface area contributed by atoms with Gasteiger partial charge in [-0.15, -0.1) is 11.3 Å². The van der Waals surface area contributed by atoms with Crippen LogP contribution in [0.25, 0.3) is 26.9 Å². The second kappa shape index (κ2) is 9.04. The van der Waals surface area contributed by atoms with Crippen LogP contribution in [0.3, 0.4) is 0 Å². The molecule has 36 heavy (non-hydrogen) atoms. The number of hydrogen-bond donors (Lipinski definition) is 2. The molecule has 12 heteroatoms. The van der Waals surface area contributed by atoms with Gasteiger partial charge in [0, 0.05) is 6.42 Å². The molecule has 0 atom stereocenters. The first-order valence-electron chi connectivity index (χ1n) is 10.9. The molecule has 3 aromatic heterocycles. The topological polar surface area (TPSA) is 127 Å². The fraction of sp³-hybridized carbons (Fsp3) is 0.125. The van der Waals surface area contributed by atoms with Gasteiger partial charge in [0.1, 0.15) is 4.83 Å². The average molecular weight is 538 g/mol. The van der Waals surface area contributed by atoms with Crippen LogP contribution in [0.5, 0.6) is 0 Å². The molecule has 0 fully saturated rings. The maximum absolute atomic E-state index is 13.4. The standard InChI is InChI=1S/C24H19N5O4S3/c1-3-18(30)21-13(2)20-22(35-21)27-24(34)29(23(20)31)14-8-10-15(11-9-14)36(32,33)28-19-12-25-16-6-4-5-7-17(16)26-19/h4-12H,3H2,1-2H3,(H,26,28)(H,27,34). The van der Waals surface area contributed by atoms with Crippen LogP contribution in [0, 0.1) is 11.7 Å². The molecule has 0 aliphatic rings. The molecule has 0 bridgehead atoms. The van der Waals surface area contributed by atoms with Crippen LogP contribution < -0.4 is 10.3 Å². The SMILES string of the molecule is CCC(=O)c1sc2[nH]c(=S)n(-c3ccc(S(=O)(=O)Nc4cnc5ccccc5n4)cc3)c(=O)c2c1C. The van der Waals surface area contributed by atoms with Crippen LogP contribution in [-0.4, -0.2) is 33.7 Å². The number of benzene rings is 2. The molecule has 2 aromatic carbocycles. The first kappa shape index (κ1) is 24.0. The van der Waals surface area contributed by atoms with E-state index < -0.39 is 10.0 Å². The molecule has 182 valence electrons. The summed E-state index contributed by atoms with van der Waals surface area (Å²) in [4.78, 5) is 38.2. The second-order valence-electron chi connectivity index (χ2n) is 7.95. The summed E-state index contributed by atoms with van der Waals surface area (Å²) in [5.74, 6) is 0.0457. The molecule has 0 aliphatic heterocycles. The Labute approximate surface area is 214 Å². The van der Waals surface area contributed by atoms with Gasteiger partial charge in [-0.2, -0.15) is 0 Å². The zero-order valence-corrected chi connectivity index (χ0v) is 21.6. The molecule has 3 heterocycles. The Morgan fingerprint density at radius 3 is 2.53 bits per heavy atom. The highest BCUT2D eigenvalue weighted by molar-refractivity contribution is 7.92. The highest BCUT2D eigenvalue weighted by Crippen LogP contribution is 2.28. The number of sulfonamides is 1. The number of carbonyl (C=O) groups excluding carboxylic acids is 1. The predicted octanol–water partition coefficient (Wildman–Crippen LogP) is 4.75. The lowest BCUT2D eigenvalue weighted by Crippen LogP contribution is -2.20. The van der Waals surface area contributed by atoms with Crippen LogP contribution in [0.1, 0.15) is 28.6 Å². The number of fused-ring (bicyclic) bond motifs is 2. The number of nitrogens with zero attached hydrogens (tertiary/aromatic N) is 3. The van der Waals surface area contributed by atoms with Crippen molar-refractivity contribution in [1.29, 1.82) is 0 Å². The normalized spacial score (nSPS) is 11.7. The van der Waals surface area contributed by atoms with E-state index in [4.69, 9.17) is 12.2 Å². The average Bonchev–Trinajstić information content (AvgIpc) is 3.19. The van der Waals surface area contributed by atoms with Gasteiger partial charge >= 0.3 is 0 Å². The number of thiophene rings is 1. The van der Waals surface area contributed by atoms with Gasteiger partial charge in [-0.1, -0.05) is 19.1 Å². The van der Waals surface area contributed by atoms with Gasteiger partial charge in [0.15, 0.2) is 16.4 Å². The van der Waals surface area contributed by atoms with E-state index in [1.54, 1.807) is 32.0 Å². The summed E-state index contributed by atoms with van der Waals surface area (Å²) < 4.78 is 29.7. The van der Waals surface area contributed by atoms with E-state index in [1.807, 2.05) is 6.07 Å². The maximum atomic E-state index is 13.4. The van der Waals surface area contributed by atoms with Crippen molar-refractivity contribution in [3.05, 3.63) is 80.3 Å². The quantitative estimate of drug-likeness (QED) is 0.236. The lowest BCUT2D eigenvalue weighted by Gasteiger charge is -2.10. The molecule has 0 saturated heterocycles. The number of nitrogens with one attached hydrogen (secondary N) is 2. The molecular formula is C24H19N5O4S3. The van der Waals surface area contributed by atoms with Gasteiger partial charge in [0.25, 0.3) is 15.6 Å². The van der Waals surface area contributed by atoms with Gasteiger partial charge in [0.05, 0.1) is 38.1 Å². The summed E-state index contributed by atoms with van der Waals surface area (Å²) in [6, 6.07) is 12.9. The molecule has 9 nitrogen and oxygen atoms in total. The molecule has 5 aromatic rings. The molecule has 0 unspecified atom stereocenters. The van der Waals surface area contributed by atoms with Gasteiger partial charge in [-0.05, 0) is 61.1 Å². The summed E-state index contributed by atoms with van der Waals surface area (Å²) in [5, 5.41) is 0.388. The van der Waals surface area contributed by atoms with Crippen molar-refractivity contribution in [1.82, 2.24) is 19.5 Å². The first-order valence-corrected chi connectivity index (χ1v) is 13.6. The van der Waals surface area contributed by atoms with E-state index in [-0.39, 0.29) is 26.8 Å². The minimum Gasteiger partial charge on any atom is -0.323 e. The Morgan fingerprint density at radius 1 is 1.14 bits per heavy atom. The third kappa shape index (κ3) is 4.12. The summed E-state index contributed by atoms with van der Waals surface area (Å²) in [7, 11) is -3.96. The number of H-pyrrole nitrogens is 1. The minimum absolute atomic E-state index is 0.0206. The van der Waals surface area contributed by atoms with Crippen LogP contribution in [0.15, 0.2) is 64.4 Å². The zero-order chi connectivity index (χ0) is 25.6. The Morgan fingerprint density at radius 2 is 1.83 bits per heavy atom. The zero-order valence-electron chi connectivity index (χ0n) is 19.1. The molecule has 0 amide bonds. The summed E-state index contributed by atoms with van der Waals surface area (Å²) in [6.07, 6.45) is 1.68. The lowest BCUT2D eigenvalue weighted by molar-refractivity contribution is 0.0991. The first-order chi connectivity index (χ1) is 17.2. The van der Waals surface area contributed by atoms with Crippen molar-refractivity contribution in [2.24, 2.45) is 0 Å². The number of aromatic nitrogens is 4. The third-order valence-electron chi connectivity index (χ3n) is 5.65. The van der Waals surface area contributed by atoms with Crippen molar-refractivity contribution < 1.29 is 13.2 Å². The maximum Gasteiger partial charge on any atom is 0.267 e. The van der Waals surface area contributed by atoms with E-state index in [9.17, 15) is 18.0 Å². The van der Waals surface area contributed by atoms with Crippen LogP contribution in [-0.2, 0) is 10.0 Å². The number of anilines is 1. The van der Waals surface area contributed by atoms with Crippen LogP contribution >= 0.6 is 23.6 Å². The van der Waals surface area contributed by atoms with E-state index in [0.29, 0.717) is 43.8 Å². The van der Waals surface area contributed by atoms with E-state index in [2.05, 4.69) is 19.7 Å². The number of hydrogen-bond acceptors (Lipinski definition) is 8. The summed E-state index contributed by atoms with van der Waals surface area (Å²) in [6.45, 7) is 3.51. The van der Waals surface area contributed by atoms with Crippen molar-refractivity contribution in [3.63, 3.8) is 0 Å². The second-order valence-corrected chi connectivity index (χ2v) is 11.0. The lowest BCUT2D eigenvalue weighted by atomic mass is 10.1. The van der Waals surface area contributed by atoms with E-state index in [1.165, 1.54) is 46.4 Å². The number of para-hydroxylation sites is 2. The molecule has 0 aliphatic carbocycles. The molecule has 2 N–H and O–H groups in total. The highest BCUT2D eigenvalue weighted by atomic mass is 32.2. The fourth-order valence-electron chi connectivity index (χ4n) is 3.85. The highest BCUT2D eigenvalue weighted by Gasteiger charge is 2.20. The van der Waals surface area contributed by atoms with Gasteiger partial charge in [0.2, 0.25) is 0 Å². The largest absolute Gasteiger partial charge is 0.323 e. The van der Waals surface area contributed by atoms with E-state index in [0.717, 1.165) is 0 Å².